The van der Waals surface area contributed by atoms with E-state index < -0.39 is 0 Å². The summed E-state index contributed by atoms with van der Waals surface area (Å²) < 4.78 is 0. The molecule has 0 amide bonds. The molecule has 0 atom stereocenters. The van der Waals surface area contributed by atoms with Crippen molar-refractivity contribution in [1.82, 2.24) is 0 Å². The summed E-state index contributed by atoms with van der Waals surface area (Å²) >= 11 is 0. The highest BCUT2D eigenvalue weighted by Crippen LogP contribution is 2.30. The Bertz CT molecular complexity index is 252. The molecule has 0 saturated heterocycles. The molecule has 1 aromatic carbocycles. The Morgan fingerprint density at radius 3 is 2.15 bits per heavy atom. The first-order chi connectivity index (χ1) is 6.36. The minimum atomic E-state index is 1.27. The second-order valence-corrected chi connectivity index (χ2v) is 3.84. The maximum absolute atomic E-state index is 2.40. The quantitative estimate of drug-likeness (QED) is 0.606. The van der Waals surface area contributed by atoms with Gasteiger partial charge in [0.25, 0.3) is 0 Å². The summed E-state index contributed by atoms with van der Waals surface area (Å²) in [7, 11) is 0. The number of hydrogen-bond acceptors (Lipinski definition) is 0. The SMILES string of the molecule is Cc1ccc([C]2CC[CH]CC2)cc1. The van der Waals surface area contributed by atoms with Crippen LogP contribution in [0.2, 0.25) is 0 Å². The van der Waals surface area contributed by atoms with Crippen molar-refractivity contribution in [3.63, 3.8) is 0 Å². The summed E-state index contributed by atoms with van der Waals surface area (Å²) in [5.74, 6) is 1.64. The van der Waals surface area contributed by atoms with Gasteiger partial charge in [0.15, 0.2) is 0 Å². The van der Waals surface area contributed by atoms with Crippen molar-refractivity contribution in [3.8, 4) is 0 Å². The van der Waals surface area contributed by atoms with Crippen LogP contribution in [0.4, 0.5) is 0 Å². The Labute approximate surface area is 81.0 Å². The predicted molar refractivity (Wildman–Crippen MR) is 56.3 cm³/mol. The van der Waals surface area contributed by atoms with Crippen LogP contribution in [-0.2, 0) is 0 Å². The molecule has 1 saturated carbocycles. The first kappa shape index (κ1) is 8.80. The highest BCUT2D eigenvalue weighted by atomic mass is 14.2. The lowest BCUT2D eigenvalue weighted by atomic mass is 9.84. The van der Waals surface area contributed by atoms with Crippen LogP contribution in [0.3, 0.4) is 0 Å². The summed E-state index contributed by atoms with van der Waals surface area (Å²) in [5, 5.41) is 0. The Kier molecular flexibility index (Phi) is 2.68. The van der Waals surface area contributed by atoms with Crippen molar-refractivity contribution >= 4 is 0 Å². The molecule has 0 spiro atoms. The number of aryl methyl sites for hydroxylation is 1. The van der Waals surface area contributed by atoms with E-state index in [4.69, 9.17) is 0 Å². The van der Waals surface area contributed by atoms with E-state index in [1.165, 1.54) is 36.8 Å². The van der Waals surface area contributed by atoms with Crippen LogP contribution in [0.1, 0.15) is 36.8 Å². The zero-order valence-corrected chi connectivity index (χ0v) is 8.22. The van der Waals surface area contributed by atoms with Crippen molar-refractivity contribution in [2.24, 2.45) is 0 Å². The Morgan fingerprint density at radius 2 is 1.54 bits per heavy atom. The maximum Gasteiger partial charge on any atom is 0.00500 e. The lowest BCUT2D eigenvalue weighted by Gasteiger charge is -2.21. The van der Waals surface area contributed by atoms with Gasteiger partial charge in [-0.2, -0.15) is 0 Å². The van der Waals surface area contributed by atoms with Gasteiger partial charge in [-0.1, -0.05) is 29.8 Å². The van der Waals surface area contributed by atoms with Gasteiger partial charge in [0.2, 0.25) is 0 Å². The van der Waals surface area contributed by atoms with E-state index in [0.29, 0.717) is 0 Å². The molecule has 2 rings (SSSR count). The topological polar surface area (TPSA) is 0 Å². The molecule has 1 aliphatic rings. The van der Waals surface area contributed by atoms with Crippen LogP contribution in [0.25, 0.3) is 0 Å². The van der Waals surface area contributed by atoms with Crippen LogP contribution in [0.15, 0.2) is 24.3 Å². The molecule has 0 bridgehead atoms. The molecule has 0 N–H and O–H groups in total. The highest BCUT2D eigenvalue weighted by Gasteiger charge is 2.15. The maximum atomic E-state index is 2.40. The minimum absolute atomic E-state index is 1.27. The van der Waals surface area contributed by atoms with E-state index in [1.807, 2.05) is 0 Å². The third kappa shape index (κ3) is 2.12. The summed E-state index contributed by atoms with van der Waals surface area (Å²) in [6.45, 7) is 2.14. The zero-order chi connectivity index (χ0) is 9.10. The molecule has 0 heterocycles. The van der Waals surface area contributed by atoms with Crippen molar-refractivity contribution in [3.05, 3.63) is 47.7 Å². The van der Waals surface area contributed by atoms with E-state index in [9.17, 15) is 0 Å². The third-order valence-electron chi connectivity index (χ3n) is 2.76. The lowest BCUT2D eigenvalue weighted by Crippen LogP contribution is -2.05. The van der Waals surface area contributed by atoms with Gasteiger partial charge in [-0.15, -0.1) is 0 Å². The molecule has 1 aliphatic carbocycles. The molecule has 0 heteroatoms. The highest BCUT2D eigenvalue weighted by molar-refractivity contribution is 5.33. The lowest BCUT2D eigenvalue weighted by molar-refractivity contribution is 0.652. The van der Waals surface area contributed by atoms with Gasteiger partial charge >= 0.3 is 0 Å². The van der Waals surface area contributed by atoms with E-state index in [-0.39, 0.29) is 0 Å². The Hall–Kier alpha value is -0.780. The van der Waals surface area contributed by atoms with Gasteiger partial charge in [-0.05, 0) is 44.6 Å². The molecule has 1 aromatic rings. The average Bonchev–Trinajstić information content (AvgIpc) is 2.20. The Balaban J connectivity index is 2.10. The Morgan fingerprint density at radius 1 is 0.923 bits per heavy atom. The summed E-state index contributed by atoms with van der Waals surface area (Å²) in [4.78, 5) is 0. The molecule has 0 nitrogen and oxygen atoms in total. The second-order valence-electron chi connectivity index (χ2n) is 3.84. The predicted octanol–water partition coefficient (Wildman–Crippen LogP) is 3.70. The van der Waals surface area contributed by atoms with Crippen LogP contribution >= 0.6 is 0 Å². The molecule has 0 aromatic heterocycles. The van der Waals surface area contributed by atoms with Gasteiger partial charge < -0.3 is 0 Å². The number of rotatable bonds is 1. The monoisotopic (exact) mass is 172 g/mol. The van der Waals surface area contributed by atoms with Gasteiger partial charge in [0, 0.05) is 5.92 Å². The van der Waals surface area contributed by atoms with Crippen molar-refractivity contribution in [2.45, 2.75) is 32.6 Å². The second kappa shape index (κ2) is 3.95. The fourth-order valence-corrected chi connectivity index (χ4v) is 1.90. The fourth-order valence-electron chi connectivity index (χ4n) is 1.90. The van der Waals surface area contributed by atoms with Crippen LogP contribution in [0, 0.1) is 19.3 Å². The van der Waals surface area contributed by atoms with E-state index in [2.05, 4.69) is 37.6 Å². The zero-order valence-electron chi connectivity index (χ0n) is 8.22. The number of benzene rings is 1. The molecular formula is C13H16. The molecule has 0 unspecified atom stereocenters. The molecule has 1 fully saturated rings. The van der Waals surface area contributed by atoms with Gasteiger partial charge in [0.1, 0.15) is 0 Å². The molecule has 2 radical (unpaired) electrons. The molecule has 13 heavy (non-hydrogen) atoms. The molecular weight excluding hydrogens is 156 g/mol. The molecule has 68 valence electrons. The summed E-state index contributed by atoms with van der Waals surface area (Å²) in [6.07, 6.45) is 7.47. The smallest absolute Gasteiger partial charge is 0.00500 e. The van der Waals surface area contributed by atoms with Crippen molar-refractivity contribution < 1.29 is 0 Å². The summed E-state index contributed by atoms with van der Waals surface area (Å²) in [6, 6.07) is 8.94. The van der Waals surface area contributed by atoms with Gasteiger partial charge in [-0.25, -0.2) is 0 Å². The van der Waals surface area contributed by atoms with E-state index in [0.717, 1.165) is 0 Å². The largest absolute Gasteiger partial charge is 0.0590 e. The van der Waals surface area contributed by atoms with Crippen LogP contribution < -0.4 is 0 Å². The minimum Gasteiger partial charge on any atom is -0.0590 e. The van der Waals surface area contributed by atoms with E-state index in [1.54, 1.807) is 5.92 Å². The van der Waals surface area contributed by atoms with Crippen LogP contribution in [0.5, 0.6) is 0 Å². The fraction of sp³-hybridized carbons (Fsp3) is 0.385. The van der Waals surface area contributed by atoms with Crippen molar-refractivity contribution in [1.29, 1.82) is 0 Å². The van der Waals surface area contributed by atoms with Gasteiger partial charge in [-0.3, -0.25) is 0 Å². The summed E-state index contributed by atoms with van der Waals surface area (Å²) in [5.41, 5.74) is 2.81. The normalized spacial score (nSPS) is 18.8. The third-order valence-corrected chi connectivity index (χ3v) is 2.76. The van der Waals surface area contributed by atoms with Crippen molar-refractivity contribution in [2.75, 3.05) is 0 Å². The average molecular weight is 172 g/mol. The van der Waals surface area contributed by atoms with Gasteiger partial charge in [0.05, 0.1) is 0 Å². The van der Waals surface area contributed by atoms with Crippen LogP contribution in [-0.4, -0.2) is 0 Å². The first-order valence-corrected chi connectivity index (χ1v) is 5.09. The number of hydrogen-bond donors (Lipinski definition) is 0. The van der Waals surface area contributed by atoms with E-state index >= 15 is 0 Å². The molecule has 0 aliphatic heterocycles. The first-order valence-electron chi connectivity index (χ1n) is 5.09. The standard InChI is InChI=1S/C13H16/c1-11-7-9-13(10-8-11)12-5-3-2-4-6-12/h2,7-10H,3-6H2,1H3.